The summed E-state index contributed by atoms with van der Waals surface area (Å²) in [7, 11) is 1.95. The molecule has 2 heteroatoms. The van der Waals surface area contributed by atoms with Crippen LogP contribution in [0.25, 0.3) is 0 Å². The van der Waals surface area contributed by atoms with Crippen molar-refractivity contribution in [3.63, 3.8) is 0 Å². The van der Waals surface area contributed by atoms with Crippen LogP contribution in [-0.2, 0) is 0 Å². The Hall–Kier alpha value is -1.18. The Balaban J connectivity index is 4.93. The van der Waals surface area contributed by atoms with Crippen molar-refractivity contribution in [2.75, 3.05) is 20.1 Å². The summed E-state index contributed by atoms with van der Waals surface area (Å²) in [6.07, 6.45) is 8.47. The van der Waals surface area contributed by atoms with E-state index in [2.05, 4.69) is 48.4 Å². The summed E-state index contributed by atoms with van der Waals surface area (Å²) in [6, 6.07) is 0. The van der Waals surface area contributed by atoms with E-state index in [1.54, 1.807) is 0 Å². The Morgan fingerprint density at radius 3 is 2.13 bits per heavy atom. The molecule has 0 unspecified atom stereocenters. The third-order valence-electron chi connectivity index (χ3n) is 2.37. The first-order valence-corrected chi connectivity index (χ1v) is 5.66. The Kier molecular flexibility index (Phi) is 7.51. The zero-order chi connectivity index (χ0) is 11.7. The molecule has 86 valence electrons. The number of nitrogens with zero attached hydrogens (tertiary/aromatic N) is 1. The predicted octanol–water partition coefficient (Wildman–Crippen LogP) is 2.91. The van der Waals surface area contributed by atoms with Crippen molar-refractivity contribution in [1.82, 2.24) is 10.2 Å². The summed E-state index contributed by atoms with van der Waals surface area (Å²) in [5.74, 6) is 0. The van der Waals surface area contributed by atoms with Crippen LogP contribution in [0.3, 0.4) is 0 Å². The summed E-state index contributed by atoms with van der Waals surface area (Å²) < 4.78 is 0. The van der Waals surface area contributed by atoms with Gasteiger partial charge in [-0.1, -0.05) is 12.2 Å². The molecule has 0 aliphatic rings. The van der Waals surface area contributed by atoms with E-state index >= 15 is 0 Å². The minimum absolute atomic E-state index is 1.04. The lowest BCUT2D eigenvalue weighted by Gasteiger charge is -2.22. The summed E-state index contributed by atoms with van der Waals surface area (Å²) in [4.78, 5) is 2.33. The molecule has 0 aromatic heterocycles. The molecule has 0 rings (SSSR count). The molecule has 1 N–H and O–H groups in total. The molecule has 0 spiro atoms. The van der Waals surface area contributed by atoms with Crippen LogP contribution in [0.2, 0.25) is 0 Å². The van der Waals surface area contributed by atoms with Gasteiger partial charge >= 0.3 is 0 Å². The fourth-order valence-electron chi connectivity index (χ4n) is 1.46. The van der Waals surface area contributed by atoms with E-state index in [-0.39, 0.29) is 0 Å². The van der Waals surface area contributed by atoms with Crippen molar-refractivity contribution >= 4 is 0 Å². The summed E-state index contributed by atoms with van der Waals surface area (Å²) in [5.41, 5.74) is 2.40. The van der Waals surface area contributed by atoms with Gasteiger partial charge < -0.3 is 10.2 Å². The molecular formula is C13H24N2. The van der Waals surface area contributed by atoms with Crippen molar-refractivity contribution in [3.05, 3.63) is 35.7 Å². The number of rotatable bonds is 6. The van der Waals surface area contributed by atoms with Crippen LogP contribution in [0.15, 0.2) is 35.7 Å². The van der Waals surface area contributed by atoms with Gasteiger partial charge in [0.2, 0.25) is 0 Å². The number of nitrogens with one attached hydrogen (secondary N) is 1. The van der Waals surface area contributed by atoms with Gasteiger partial charge in [0, 0.05) is 31.5 Å². The van der Waals surface area contributed by atoms with Crippen molar-refractivity contribution in [1.29, 1.82) is 0 Å². The van der Waals surface area contributed by atoms with Crippen LogP contribution < -0.4 is 5.32 Å². The maximum Gasteiger partial charge on any atom is 0.0383 e. The third kappa shape index (κ3) is 4.73. The average Bonchev–Trinajstić information content (AvgIpc) is 2.27. The molecule has 2 nitrogen and oxygen atoms in total. The van der Waals surface area contributed by atoms with Crippen molar-refractivity contribution in [3.8, 4) is 0 Å². The first-order valence-electron chi connectivity index (χ1n) is 5.66. The molecular weight excluding hydrogens is 184 g/mol. The zero-order valence-electron chi connectivity index (χ0n) is 10.7. The predicted molar refractivity (Wildman–Crippen MR) is 68.6 cm³/mol. The van der Waals surface area contributed by atoms with Gasteiger partial charge in [0.15, 0.2) is 0 Å². The SMILES string of the molecule is C\C=C/C(=C\C(=C\C)NC)N(CC)CC. The van der Waals surface area contributed by atoms with E-state index < -0.39 is 0 Å². The van der Waals surface area contributed by atoms with Gasteiger partial charge in [-0.2, -0.15) is 0 Å². The van der Waals surface area contributed by atoms with Gasteiger partial charge in [-0.25, -0.2) is 0 Å². The third-order valence-corrected chi connectivity index (χ3v) is 2.37. The van der Waals surface area contributed by atoms with E-state index in [0.717, 1.165) is 18.8 Å². The molecule has 0 bridgehead atoms. The fraction of sp³-hybridized carbons (Fsp3) is 0.538. The monoisotopic (exact) mass is 208 g/mol. The van der Waals surface area contributed by atoms with E-state index in [9.17, 15) is 0 Å². The topological polar surface area (TPSA) is 15.3 Å². The number of hydrogen-bond donors (Lipinski definition) is 1. The molecule has 0 aliphatic heterocycles. The fourth-order valence-corrected chi connectivity index (χ4v) is 1.46. The first kappa shape index (κ1) is 13.8. The molecule has 0 atom stereocenters. The lowest BCUT2D eigenvalue weighted by Crippen LogP contribution is -2.22. The summed E-state index contributed by atoms with van der Waals surface area (Å²) in [5, 5.41) is 3.17. The quantitative estimate of drug-likeness (QED) is 0.675. The molecule has 0 amide bonds. The second kappa shape index (κ2) is 8.16. The largest absolute Gasteiger partial charge is 0.388 e. The maximum absolute atomic E-state index is 3.17. The second-order valence-corrected chi connectivity index (χ2v) is 3.24. The van der Waals surface area contributed by atoms with Crippen LogP contribution >= 0.6 is 0 Å². The van der Waals surface area contributed by atoms with Crippen molar-refractivity contribution in [2.24, 2.45) is 0 Å². The van der Waals surface area contributed by atoms with Gasteiger partial charge in [0.25, 0.3) is 0 Å². The van der Waals surface area contributed by atoms with Crippen LogP contribution in [-0.4, -0.2) is 25.0 Å². The number of likely N-dealkylation sites (N-methyl/N-ethyl adjacent to an activating group) is 2. The summed E-state index contributed by atoms with van der Waals surface area (Å²) in [6.45, 7) is 10.5. The number of allylic oxidation sites excluding steroid dienone is 4. The number of hydrogen-bond acceptors (Lipinski definition) is 2. The Morgan fingerprint density at radius 2 is 1.80 bits per heavy atom. The van der Waals surface area contributed by atoms with Gasteiger partial charge in [-0.05, 0) is 39.8 Å². The Morgan fingerprint density at radius 1 is 1.20 bits per heavy atom. The van der Waals surface area contributed by atoms with E-state index in [4.69, 9.17) is 0 Å². The van der Waals surface area contributed by atoms with Crippen molar-refractivity contribution in [2.45, 2.75) is 27.7 Å². The molecule has 0 heterocycles. The highest BCUT2D eigenvalue weighted by Gasteiger charge is 2.01. The van der Waals surface area contributed by atoms with E-state index in [1.165, 1.54) is 5.70 Å². The highest BCUT2D eigenvalue weighted by atomic mass is 15.1. The summed E-state index contributed by atoms with van der Waals surface area (Å²) >= 11 is 0. The molecule has 0 fully saturated rings. The standard InChI is InChI=1S/C13H24N2/c1-6-10-13(15(8-3)9-4)11-12(7-2)14-5/h6-7,10-11,14H,8-9H2,1-5H3/b10-6-,12-7-,13-11+. The van der Waals surface area contributed by atoms with Gasteiger partial charge in [-0.3, -0.25) is 0 Å². The van der Waals surface area contributed by atoms with Crippen LogP contribution in [0.4, 0.5) is 0 Å². The lowest BCUT2D eigenvalue weighted by molar-refractivity contribution is 0.394. The minimum atomic E-state index is 1.04. The molecule has 15 heavy (non-hydrogen) atoms. The Bertz CT molecular complexity index is 245. The van der Waals surface area contributed by atoms with Gasteiger partial charge in [0.1, 0.15) is 0 Å². The second-order valence-electron chi connectivity index (χ2n) is 3.24. The highest BCUT2D eigenvalue weighted by Crippen LogP contribution is 2.08. The molecule has 0 aromatic carbocycles. The first-order chi connectivity index (χ1) is 7.23. The molecule has 0 radical (unpaired) electrons. The average molecular weight is 208 g/mol. The van der Waals surface area contributed by atoms with Crippen LogP contribution in [0.5, 0.6) is 0 Å². The van der Waals surface area contributed by atoms with Gasteiger partial charge in [-0.15, -0.1) is 0 Å². The molecule has 0 aromatic rings. The molecule has 0 saturated heterocycles. The van der Waals surface area contributed by atoms with Crippen LogP contribution in [0, 0.1) is 0 Å². The van der Waals surface area contributed by atoms with E-state index in [0.29, 0.717) is 0 Å². The smallest absolute Gasteiger partial charge is 0.0383 e. The molecule has 0 aliphatic carbocycles. The van der Waals surface area contributed by atoms with E-state index in [1.807, 2.05) is 20.9 Å². The zero-order valence-corrected chi connectivity index (χ0v) is 10.7. The van der Waals surface area contributed by atoms with Crippen molar-refractivity contribution < 1.29 is 0 Å². The molecule has 0 saturated carbocycles. The maximum atomic E-state index is 3.17. The van der Waals surface area contributed by atoms with Crippen LogP contribution in [0.1, 0.15) is 27.7 Å². The Labute approximate surface area is 94.4 Å². The van der Waals surface area contributed by atoms with Gasteiger partial charge in [0.05, 0.1) is 0 Å². The normalized spacial score (nSPS) is 13.4. The highest BCUT2D eigenvalue weighted by molar-refractivity contribution is 5.27. The minimum Gasteiger partial charge on any atom is -0.388 e. The lowest BCUT2D eigenvalue weighted by atomic mass is 10.2.